The summed E-state index contributed by atoms with van der Waals surface area (Å²) in [6.07, 6.45) is 7.95. The molecule has 1 heterocycles. The minimum absolute atomic E-state index is 0.00579. The number of rotatable bonds is 3. The van der Waals surface area contributed by atoms with Crippen molar-refractivity contribution >= 4 is 17.6 Å². The molecule has 104 valence electrons. The summed E-state index contributed by atoms with van der Waals surface area (Å²) < 4.78 is 0. The third-order valence-electron chi connectivity index (χ3n) is 4.39. The normalized spacial score (nSPS) is 30.4. The lowest BCUT2D eigenvalue weighted by molar-refractivity contribution is -0.147. The van der Waals surface area contributed by atoms with Crippen LogP contribution in [-0.2, 0) is 9.59 Å². The number of carboxylic acids is 1. The average Bonchev–Trinajstić information content (AvgIpc) is 3.07. The number of carboxylic acid groups (broad SMARTS) is 1. The highest BCUT2D eigenvalue weighted by Gasteiger charge is 2.52. The Morgan fingerprint density at radius 1 is 1.30 bits per heavy atom. The number of amides is 1. The molecule has 2 aliphatic carbocycles. The van der Waals surface area contributed by atoms with E-state index >= 15 is 0 Å². The lowest BCUT2D eigenvalue weighted by Gasteiger charge is -2.28. The fourth-order valence-electron chi connectivity index (χ4n) is 3.40. The van der Waals surface area contributed by atoms with E-state index in [9.17, 15) is 14.7 Å². The maximum Gasteiger partial charge on any atom is 0.307 e. The molecule has 4 atom stereocenters. The molecule has 1 N–H and O–H groups in total. The van der Waals surface area contributed by atoms with Crippen LogP contribution in [0.5, 0.6) is 0 Å². The van der Waals surface area contributed by atoms with Crippen LogP contribution in [0.4, 0.5) is 5.69 Å². The van der Waals surface area contributed by atoms with Crippen LogP contribution in [0.3, 0.4) is 0 Å². The molecule has 5 nitrogen and oxygen atoms in total. The lowest BCUT2D eigenvalue weighted by atomic mass is 9.82. The van der Waals surface area contributed by atoms with E-state index in [1.807, 2.05) is 12.2 Å². The van der Waals surface area contributed by atoms with Gasteiger partial charge in [0.25, 0.3) is 0 Å². The van der Waals surface area contributed by atoms with Gasteiger partial charge in [0, 0.05) is 13.2 Å². The fraction of sp³-hybridized carbons (Fsp3) is 0.400. The second-order valence-electron chi connectivity index (χ2n) is 5.45. The summed E-state index contributed by atoms with van der Waals surface area (Å²) in [5.74, 6) is -2.03. The summed E-state index contributed by atoms with van der Waals surface area (Å²) in [4.78, 5) is 29.6. The van der Waals surface area contributed by atoms with Gasteiger partial charge in [-0.2, -0.15) is 0 Å². The minimum atomic E-state index is -0.875. The van der Waals surface area contributed by atoms with E-state index < -0.39 is 17.8 Å². The Bertz CT molecular complexity index is 570. The zero-order valence-corrected chi connectivity index (χ0v) is 11.1. The summed E-state index contributed by atoms with van der Waals surface area (Å²) in [7, 11) is 1.67. The summed E-state index contributed by atoms with van der Waals surface area (Å²) in [6.45, 7) is 0. The first-order valence-electron chi connectivity index (χ1n) is 6.68. The molecule has 1 aromatic rings. The van der Waals surface area contributed by atoms with Crippen molar-refractivity contribution < 1.29 is 14.7 Å². The molecule has 2 aliphatic rings. The highest BCUT2D eigenvalue weighted by atomic mass is 16.4. The summed E-state index contributed by atoms with van der Waals surface area (Å²) in [5, 5.41) is 9.39. The Kier molecular flexibility index (Phi) is 3.04. The van der Waals surface area contributed by atoms with Gasteiger partial charge in [0.15, 0.2) is 0 Å². The molecule has 0 spiro atoms. The van der Waals surface area contributed by atoms with Crippen LogP contribution in [0.25, 0.3) is 0 Å². The molecule has 3 rings (SSSR count). The van der Waals surface area contributed by atoms with E-state index in [0.29, 0.717) is 5.69 Å². The smallest absolute Gasteiger partial charge is 0.307 e. The minimum Gasteiger partial charge on any atom is -0.481 e. The van der Waals surface area contributed by atoms with Crippen molar-refractivity contribution in [2.75, 3.05) is 11.9 Å². The van der Waals surface area contributed by atoms with Crippen molar-refractivity contribution in [2.45, 2.75) is 6.42 Å². The Balaban J connectivity index is 1.87. The van der Waals surface area contributed by atoms with Gasteiger partial charge in [-0.25, -0.2) is 0 Å². The first kappa shape index (κ1) is 12.8. The molecule has 0 aromatic carbocycles. The van der Waals surface area contributed by atoms with E-state index in [1.165, 1.54) is 4.90 Å². The van der Waals surface area contributed by atoms with Crippen molar-refractivity contribution in [3.8, 4) is 0 Å². The van der Waals surface area contributed by atoms with E-state index in [-0.39, 0.29) is 17.7 Å². The number of pyridine rings is 1. The molecule has 5 heteroatoms. The molecular formula is C15H16N2O3. The number of allylic oxidation sites excluding steroid dienone is 2. The van der Waals surface area contributed by atoms with Gasteiger partial charge in [0.1, 0.15) is 0 Å². The fourth-order valence-corrected chi connectivity index (χ4v) is 3.40. The highest BCUT2D eigenvalue weighted by molar-refractivity contribution is 5.97. The summed E-state index contributed by atoms with van der Waals surface area (Å²) in [6, 6.07) is 3.55. The number of hydrogen-bond acceptors (Lipinski definition) is 3. The molecule has 0 aliphatic heterocycles. The van der Waals surface area contributed by atoms with Gasteiger partial charge in [0.05, 0.1) is 23.7 Å². The van der Waals surface area contributed by atoms with Crippen molar-refractivity contribution in [3.63, 3.8) is 0 Å². The van der Waals surface area contributed by atoms with Crippen molar-refractivity contribution in [1.29, 1.82) is 0 Å². The molecule has 0 saturated heterocycles. The van der Waals surface area contributed by atoms with Crippen LogP contribution in [0.2, 0.25) is 0 Å². The number of hydrogen-bond donors (Lipinski definition) is 1. The standard InChI is InChI=1S/C15H16N2O3/c1-17(11-3-2-6-16-8-11)14(18)12-9-4-5-10(7-9)13(12)15(19)20/h2-6,8-10,12-13H,7H2,1H3,(H,19,20). The summed E-state index contributed by atoms with van der Waals surface area (Å²) >= 11 is 0. The average molecular weight is 272 g/mol. The maximum absolute atomic E-state index is 12.7. The van der Waals surface area contributed by atoms with Crippen LogP contribution >= 0.6 is 0 Å². The largest absolute Gasteiger partial charge is 0.481 e. The number of carbonyl (C=O) groups excluding carboxylic acids is 1. The maximum atomic E-state index is 12.7. The lowest BCUT2D eigenvalue weighted by Crippen LogP contribution is -2.41. The van der Waals surface area contributed by atoms with E-state index in [4.69, 9.17) is 0 Å². The predicted molar refractivity (Wildman–Crippen MR) is 73.0 cm³/mol. The number of aromatic nitrogens is 1. The Morgan fingerprint density at radius 3 is 2.60 bits per heavy atom. The quantitative estimate of drug-likeness (QED) is 0.848. The van der Waals surface area contributed by atoms with Gasteiger partial charge < -0.3 is 10.0 Å². The Labute approximate surface area is 116 Å². The third kappa shape index (κ3) is 1.90. The second kappa shape index (κ2) is 4.74. The molecule has 4 unspecified atom stereocenters. The van der Waals surface area contributed by atoms with Crippen LogP contribution < -0.4 is 4.90 Å². The number of nitrogens with zero attached hydrogens (tertiary/aromatic N) is 2. The predicted octanol–water partition coefficient (Wildman–Crippen LogP) is 1.57. The number of carbonyl (C=O) groups is 2. The SMILES string of the molecule is CN(C(=O)C1C2C=CC(C2)C1C(=O)O)c1cccnc1. The van der Waals surface area contributed by atoms with Crippen LogP contribution in [0.1, 0.15) is 6.42 Å². The van der Waals surface area contributed by atoms with Crippen molar-refractivity contribution in [2.24, 2.45) is 23.7 Å². The zero-order valence-electron chi connectivity index (χ0n) is 11.1. The highest BCUT2D eigenvalue weighted by Crippen LogP contribution is 2.48. The van der Waals surface area contributed by atoms with Crippen LogP contribution in [0, 0.1) is 23.7 Å². The number of anilines is 1. The monoisotopic (exact) mass is 272 g/mol. The van der Waals surface area contributed by atoms with Crippen LogP contribution in [-0.4, -0.2) is 29.0 Å². The van der Waals surface area contributed by atoms with E-state index in [0.717, 1.165) is 6.42 Å². The molecule has 1 aromatic heterocycles. The topological polar surface area (TPSA) is 70.5 Å². The molecule has 1 amide bonds. The van der Waals surface area contributed by atoms with Crippen molar-refractivity contribution in [3.05, 3.63) is 36.7 Å². The molecule has 20 heavy (non-hydrogen) atoms. The molecule has 0 radical (unpaired) electrons. The van der Waals surface area contributed by atoms with Gasteiger partial charge >= 0.3 is 5.97 Å². The van der Waals surface area contributed by atoms with Crippen LogP contribution in [0.15, 0.2) is 36.7 Å². The first-order valence-corrected chi connectivity index (χ1v) is 6.68. The van der Waals surface area contributed by atoms with E-state index in [2.05, 4.69) is 4.98 Å². The molecule has 1 saturated carbocycles. The zero-order chi connectivity index (χ0) is 14.3. The van der Waals surface area contributed by atoms with Gasteiger partial charge in [0.2, 0.25) is 5.91 Å². The van der Waals surface area contributed by atoms with Crippen molar-refractivity contribution in [1.82, 2.24) is 4.98 Å². The number of fused-ring (bicyclic) bond motifs is 2. The van der Waals surface area contributed by atoms with Gasteiger partial charge in [-0.15, -0.1) is 0 Å². The Hall–Kier alpha value is -2.17. The van der Waals surface area contributed by atoms with Gasteiger partial charge in [-0.3, -0.25) is 14.6 Å². The first-order chi connectivity index (χ1) is 9.59. The molecular weight excluding hydrogens is 256 g/mol. The van der Waals surface area contributed by atoms with E-state index in [1.54, 1.807) is 31.6 Å². The van der Waals surface area contributed by atoms with Gasteiger partial charge in [-0.05, 0) is 30.4 Å². The molecule has 1 fully saturated rings. The summed E-state index contributed by atoms with van der Waals surface area (Å²) in [5.41, 5.74) is 0.688. The van der Waals surface area contributed by atoms with Gasteiger partial charge in [-0.1, -0.05) is 12.2 Å². The number of aliphatic carboxylic acids is 1. The second-order valence-corrected chi connectivity index (χ2v) is 5.45. The Morgan fingerprint density at radius 2 is 2.00 bits per heavy atom. The third-order valence-corrected chi connectivity index (χ3v) is 4.39. The molecule has 2 bridgehead atoms.